The van der Waals surface area contributed by atoms with E-state index in [2.05, 4.69) is 5.32 Å². The van der Waals surface area contributed by atoms with Crippen LogP contribution >= 0.6 is 24.0 Å². The van der Waals surface area contributed by atoms with Gasteiger partial charge in [0.05, 0.1) is 24.2 Å². The lowest BCUT2D eigenvalue weighted by molar-refractivity contribution is -0.123. The predicted octanol–water partition coefficient (Wildman–Crippen LogP) is 2.78. The van der Waals surface area contributed by atoms with E-state index in [1.807, 2.05) is 41.1 Å². The monoisotopic (exact) mass is 459 g/mol. The first-order valence-corrected chi connectivity index (χ1v) is 11.5. The topological polar surface area (TPSA) is 72.8 Å². The number of aromatic nitrogens is 1. The zero-order valence-electron chi connectivity index (χ0n) is 17.3. The number of benzene rings is 1. The molecular weight excluding hydrogens is 434 g/mol. The molecule has 3 heterocycles. The number of nitrogens with zero attached hydrogens (tertiary/aromatic N) is 2. The molecule has 4 rings (SSSR count). The van der Waals surface area contributed by atoms with Crippen molar-refractivity contribution in [2.75, 3.05) is 33.4 Å². The number of thiocarbonyl (C=S) groups is 1. The molecule has 2 fully saturated rings. The second kappa shape index (κ2) is 9.95. The van der Waals surface area contributed by atoms with Crippen LogP contribution in [0, 0.1) is 0 Å². The van der Waals surface area contributed by atoms with Gasteiger partial charge < -0.3 is 19.4 Å². The van der Waals surface area contributed by atoms with Gasteiger partial charge in [-0.3, -0.25) is 14.5 Å². The SMILES string of the molecule is COCCNC(=O)Cn1cc(/C=C2\SC(=S)N(C[C@@H]3CCCO3)C2=O)c2ccccc21. The molecule has 0 spiro atoms. The first-order chi connectivity index (χ1) is 15.1. The Morgan fingerprint density at radius 2 is 2.26 bits per heavy atom. The van der Waals surface area contributed by atoms with E-state index in [-0.39, 0.29) is 24.5 Å². The number of fused-ring (bicyclic) bond motifs is 1. The molecule has 0 unspecified atom stereocenters. The molecule has 0 saturated carbocycles. The van der Waals surface area contributed by atoms with Gasteiger partial charge in [0.1, 0.15) is 10.9 Å². The van der Waals surface area contributed by atoms with Crippen molar-refractivity contribution in [2.45, 2.75) is 25.5 Å². The Balaban J connectivity index is 1.55. The highest BCUT2D eigenvalue weighted by molar-refractivity contribution is 8.26. The van der Waals surface area contributed by atoms with E-state index >= 15 is 0 Å². The lowest BCUT2D eigenvalue weighted by Crippen LogP contribution is -2.35. The molecule has 1 N–H and O–H groups in total. The number of thioether (sulfide) groups is 1. The van der Waals surface area contributed by atoms with E-state index in [4.69, 9.17) is 21.7 Å². The van der Waals surface area contributed by atoms with Gasteiger partial charge in [0, 0.05) is 42.9 Å². The summed E-state index contributed by atoms with van der Waals surface area (Å²) in [6.07, 6.45) is 5.81. The lowest BCUT2D eigenvalue weighted by Gasteiger charge is -2.18. The van der Waals surface area contributed by atoms with Crippen LogP contribution in [-0.4, -0.2) is 65.1 Å². The molecular formula is C22H25N3O4S2. The van der Waals surface area contributed by atoms with Gasteiger partial charge in [0.25, 0.3) is 5.91 Å². The second-order valence-corrected chi connectivity index (χ2v) is 9.18. The molecule has 9 heteroatoms. The molecule has 2 aliphatic heterocycles. The first kappa shape index (κ1) is 22.0. The normalized spacial score (nSPS) is 20.4. The van der Waals surface area contributed by atoms with Crippen molar-refractivity contribution >= 4 is 57.1 Å². The van der Waals surface area contributed by atoms with Gasteiger partial charge >= 0.3 is 0 Å². The Kier molecular flexibility index (Phi) is 7.06. The van der Waals surface area contributed by atoms with Gasteiger partial charge in [-0.1, -0.05) is 42.2 Å². The van der Waals surface area contributed by atoms with Crippen LogP contribution in [-0.2, 0) is 25.6 Å². The van der Waals surface area contributed by atoms with Crippen molar-refractivity contribution in [1.29, 1.82) is 0 Å². The summed E-state index contributed by atoms with van der Waals surface area (Å²) in [6, 6.07) is 7.85. The Morgan fingerprint density at radius 1 is 1.42 bits per heavy atom. The van der Waals surface area contributed by atoms with Crippen LogP contribution in [0.4, 0.5) is 0 Å². The predicted molar refractivity (Wildman–Crippen MR) is 126 cm³/mol. The third-order valence-electron chi connectivity index (χ3n) is 5.33. The maximum atomic E-state index is 13.0. The average Bonchev–Trinajstić information content (AvgIpc) is 3.45. The van der Waals surface area contributed by atoms with Gasteiger partial charge in [0.2, 0.25) is 5.91 Å². The number of carbonyl (C=O) groups is 2. The van der Waals surface area contributed by atoms with E-state index in [0.29, 0.717) is 28.9 Å². The van der Waals surface area contributed by atoms with Gasteiger partial charge in [-0.2, -0.15) is 0 Å². The molecule has 2 saturated heterocycles. The Labute approximate surface area is 190 Å². The molecule has 0 aliphatic carbocycles. The minimum absolute atomic E-state index is 0.0559. The van der Waals surface area contributed by atoms with Crippen molar-refractivity contribution in [1.82, 2.24) is 14.8 Å². The summed E-state index contributed by atoms with van der Waals surface area (Å²) in [5.41, 5.74) is 1.82. The summed E-state index contributed by atoms with van der Waals surface area (Å²) in [5.74, 6) is -0.174. The van der Waals surface area contributed by atoms with Crippen LogP contribution in [0.15, 0.2) is 35.4 Å². The number of rotatable bonds is 8. The highest BCUT2D eigenvalue weighted by atomic mass is 32.2. The number of ether oxygens (including phenoxy) is 2. The highest BCUT2D eigenvalue weighted by Crippen LogP contribution is 2.35. The zero-order valence-corrected chi connectivity index (χ0v) is 19.0. The van der Waals surface area contributed by atoms with E-state index in [9.17, 15) is 9.59 Å². The van der Waals surface area contributed by atoms with Gasteiger partial charge in [0.15, 0.2) is 0 Å². The minimum atomic E-state index is -0.0905. The number of amides is 2. The van der Waals surface area contributed by atoms with E-state index in [1.54, 1.807) is 12.0 Å². The number of nitrogens with one attached hydrogen (secondary N) is 1. The second-order valence-electron chi connectivity index (χ2n) is 7.50. The zero-order chi connectivity index (χ0) is 21.8. The van der Waals surface area contributed by atoms with Crippen LogP contribution in [0.25, 0.3) is 17.0 Å². The molecule has 31 heavy (non-hydrogen) atoms. The lowest BCUT2D eigenvalue weighted by atomic mass is 10.1. The Morgan fingerprint density at radius 3 is 3.03 bits per heavy atom. The first-order valence-electron chi connectivity index (χ1n) is 10.3. The maximum Gasteiger partial charge on any atom is 0.266 e. The molecule has 1 aromatic carbocycles. The van der Waals surface area contributed by atoms with Crippen molar-refractivity contribution in [3.63, 3.8) is 0 Å². The summed E-state index contributed by atoms with van der Waals surface area (Å²) in [7, 11) is 1.60. The van der Waals surface area contributed by atoms with Crippen molar-refractivity contribution in [2.24, 2.45) is 0 Å². The number of methoxy groups -OCH3 is 1. The molecule has 0 bridgehead atoms. The molecule has 2 aromatic rings. The number of para-hydroxylation sites is 1. The fraction of sp³-hybridized carbons (Fsp3) is 0.409. The van der Waals surface area contributed by atoms with E-state index in [1.165, 1.54) is 11.8 Å². The van der Waals surface area contributed by atoms with Crippen molar-refractivity contribution < 1.29 is 19.1 Å². The van der Waals surface area contributed by atoms with Gasteiger partial charge in [-0.05, 0) is 25.0 Å². The van der Waals surface area contributed by atoms with E-state index in [0.717, 1.165) is 35.9 Å². The molecule has 0 radical (unpaired) electrons. The fourth-order valence-corrected chi connectivity index (χ4v) is 5.08. The molecule has 7 nitrogen and oxygen atoms in total. The number of hydrogen-bond acceptors (Lipinski definition) is 6. The van der Waals surface area contributed by atoms with E-state index < -0.39 is 0 Å². The molecule has 2 amide bonds. The summed E-state index contributed by atoms with van der Waals surface area (Å²) < 4.78 is 13.1. The van der Waals surface area contributed by atoms with Crippen LogP contribution in [0.5, 0.6) is 0 Å². The standard InChI is InChI=1S/C22H25N3O4S2/c1-28-10-8-23-20(26)14-24-12-15(17-6-2-3-7-18(17)24)11-19-21(27)25(22(30)31-19)13-16-5-4-9-29-16/h2-3,6-7,11-12,16H,4-5,8-10,13-14H2,1H3,(H,23,26)/b19-11-/t16-/m0/s1. The smallest absolute Gasteiger partial charge is 0.266 e. The summed E-state index contributed by atoms with van der Waals surface area (Å²) >= 11 is 6.77. The largest absolute Gasteiger partial charge is 0.383 e. The minimum Gasteiger partial charge on any atom is -0.383 e. The van der Waals surface area contributed by atoms with Crippen LogP contribution in [0.1, 0.15) is 18.4 Å². The third kappa shape index (κ3) is 5.01. The summed E-state index contributed by atoms with van der Waals surface area (Å²) in [5, 5.41) is 3.82. The molecule has 2 aliphatic rings. The van der Waals surface area contributed by atoms with Crippen LogP contribution in [0.3, 0.4) is 0 Å². The van der Waals surface area contributed by atoms with Gasteiger partial charge in [-0.25, -0.2) is 0 Å². The molecule has 164 valence electrons. The Hall–Kier alpha value is -2.20. The Bertz CT molecular complexity index is 1030. The average molecular weight is 460 g/mol. The number of carbonyl (C=O) groups excluding carboxylic acids is 2. The fourth-order valence-electron chi connectivity index (χ4n) is 3.81. The third-order valence-corrected chi connectivity index (χ3v) is 6.71. The van der Waals surface area contributed by atoms with Crippen molar-refractivity contribution in [3.8, 4) is 0 Å². The molecule has 1 aromatic heterocycles. The number of hydrogen-bond donors (Lipinski definition) is 1. The quantitative estimate of drug-likeness (QED) is 0.372. The van der Waals surface area contributed by atoms with Crippen LogP contribution < -0.4 is 5.32 Å². The molecule has 1 atom stereocenters. The van der Waals surface area contributed by atoms with Gasteiger partial charge in [-0.15, -0.1) is 0 Å². The van der Waals surface area contributed by atoms with Crippen molar-refractivity contribution in [3.05, 3.63) is 40.9 Å². The summed E-state index contributed by atoms with van der Waals surface area (Å²) in [4.78, 5) is 27.5. The van der Waals surface area contributed by atoms with Crippen LogP contribution in [0.2, 0.25) is 0 Å². The summed E-state index contributed by atoms with van der Waals surface area (Å²) in [6.45, 7) is 2.38. The highest BCUT2D eigenvalue weighted by Gasteiger charge is 2.34. The maximum absolute atomic E-state index is 13.0.